The molecule has 0 aliphatic rings. The van der Waals surface area contributed by atoms with Crippen molar-refractivity contribution in [3.8, 4) is 11.1 Å². The van der Waals surface area contributed by atoms with Gasteiger partial charge in [0.1, 0.15) is 0 Å². The molecule has 0 spiro atoms. The zero-order chi connectivity index (χ0) is 19.8. The maximum atomic E-state index is 14.2. The lowest BCUT2D eigenvalue weighted by Gasteiger charge is -2.15. The molecule has 0 aliphatic heterocycles. The van der Waals surface area contributed by atoms with Crippen molar-refractivity contribution in [2.75, 3.05) is 0 Å². The van der Waals surface area contributed by atoms with Gasteiger partial charge in [-0.25, -0.2) is 8.78 Å². The molecular formula is C20H14F5NO. The second-order valence-electron chi connectivity index (χ2n) is 6.16. The molecule has 0 radical (unpaired) electrons. The third-order valence-electron chi connectivity index (χ3n) is 4.26. The molecule has 0 unspecified atom stereocenters. The van der Waals surface area contributed by atoms with Crippen LogP contribution >= 0.6 is 0 Å². The summed E-state index contributed by atoms with van der Waals surface area (Å²) in [6, 6.07) is 8.42. The first-order valence-electron chi connectivity index (χ1n) is 7.99. The van der Waals surface area contributed by atoms with Gasteiger partial charge in [-0.05, 0) is 52.9 Å². The van der Waals surface area contributed by atoms with E-state index in [0.29, 0.717) is 5.56 Å². The fourth-order valence-corrected chi connectivity index (χ4v) is 2.82. The molecular weight excluding hydrogens is 365 g/mol. The summed E-state index contributed by atoms with van der Waals surface area (Å²) in [5.74, 6) is -2.02. The molecule has 0 saturated carbocycles. The van der Waals surface area contributed by atoms with E-state index in [1.807, 2.05) is 0 Å². The van der Waals surface area contributed by atoms with E-state index in [0.717, 1.165) is 18.2 Å². The molecule has 2 nitrogen and oxygen atoms in total. The third-order valence-corrected chi connectivity index (χ3v) is 4.26. The summed E-state index contributed by atoms with van der Waals surface area (Å²) in [5.41, 5.74) is -0.483. The van der Waals surface area contributed by atoms with E-state index in [1.54, 1.807) is 0 Å². The van der Waals surface area contributed by atoms with Gasteiger partial charge >= 0.3 is 6.18 Å². The Morgan fingerprint density at radius 3 is 2.30 bits per heavy atom. The number of benzene rings is 2. The van der Waals surface area contributed by atoms with E-state index in [1.165, 1.54) is 37.4 Å². The first kappa shape index (κ1) is 18.8. The van der Waals surface area contributed by atoms with Gasteiger partial charge in [0.05, 0.1) is 5.56 Å². The minimum Gasteiger partial charge on any atom is -0.329 e. The Kier molecular flexibility index (Phi) is 4.87. The van der Waals surface area contributed by atoms with E-state index in [9.17, 15) is 26.7 Å². The first-order valence-corrected chi connectivity index (χ1v) is 7.99. The number of nitrogens with one attached hydrogen (secondary N) is 1. The number of H-pyrrole nitrogens is 1. The minimum atomic E-state index is -4.57. The maximum Gasteiger partial charge on any atom is 0.416 e. The van der Waals surface area contributed by atoms with Gasteiger partial charge in [-0.1, -0.05) is 18.2 Å². The highest BCUT2D eigenvalue weighted by molar-refractivity contribution is 5.68. The van der Waals surface area contributed by atoms with Crippen LogP contribution in [0.5, 0.6) is 0 Å². The van der Waals surface area contributed by atoms with Gasteiger partial charge < -0.3 is 4.98 Å². The Labute approximate surface area is 151 Å². The Morgan fingerprint density at radius 1 is 0.926 bits per heavy atom. The molecule has 0 saturated heterocycles. The van der Waals surface area contributed by atoms with E-state index in [-0.39, 0.29) is 28.7 Å². The van der Waals surface area contributed by atoms with Crippen molar-refractivity contribution in [1.29, 1.82) is 0 Å². The molecule has 0 atom stereocenters. The van der Waals surface area contributed by atoms with Crippen molar-refractivity contribution in [2.45, 2.75) is 19.5 Å². The number of aryl methyl sites for hydroxylation is 1. The van der Waals surface area contributed by atoms with Crippen LogP contribution in [0.3, 0.4) is 0 Å². The number of aromatic nitrogens is 1. The van der Waals surface area contributed by atoms with Crippen LogP contribution < -0.4 is 5.56 Å². The highest BCUT2D eigenvalue weighted by Gasteiger charge is 2.31. The molecule has 1 aromatic heterocycles. The normalized spacial score (nSPS) is 11.6. The van der Waals surface area contributed by atoms with Crippen LogP contribution in [-0.2, 0) is 12.6 Å². The van der Waals surface area contributed by atoms with Crippen LogP contribution in [0.25, 0.3) is 11.1 Å². The molecule has 3 rings (SSSR count). The lowest BCUT2D eigenvalue weighted by molar-refractivity contribution is -0.137. The van der Waals surface area contributed by atoms with Crippen LogP contribution in [0.2, 0.25) is 0 Å². The SMILES string of the molecule is Cc1ccc(Cc2ccc(C(F)(F)F)cc2-c2cc[nH]c(=O)c2)c(F)c1F. The van der Waals surface area contributed by atoms with E-state index < -0.39 is 28.9 Å². The molecule has 7 heteroatoms. The van der Waals surface area contributed by atoms with Crippen molar-refractivity contribution in [2.24, 2.45) is 0 Å². The number of pyridine rings is 1. The van der Waals surface area contributed by atoms with Crippen LogP contribution in [0.4, 0.5) is 22.0 Å². The average Bonchev–Trinajstić information content (AvgIpc) is 2.61. The van der Waals surface area contributed by atoms with E-state index in [4.69, 9.17) is 0 Å². The monoisotopic (exact) mass is 379 g/mol. The van der Waals surface area contributed by atoms with Crippen molar-refractivity contribution in [3.05, 3.63) is 92.9 Å². The summed E-state index contributed by atoms with van der Waals surface area (Å²) in [6.45, 7) is 1.42. The Morgan fingerprint density at radius 2 is 1.63 bits per heavy atom. The second kappa shape index (κ2) is 6.98. The molecule has 1 heterocycles. The summed E-state index contributed by atoms with van der Waals surface area (Å²) in [4.78, 5) is 14.0. The number of rotatable bonds is 3. The summed E-state index contributed by atoms with van der Waals surface area (Å²) in [5, 5.41) is 0. The fourth-order valence-electron chi connectivity index (χ4n) is 2.82. The average molecular weight is 379 g/mol. The van der Waals surface area contributed by atoms with Crippen molar-refractivity contribution in [1.82, 2.24) is 4.98 Å². The standard InChI is InChI=1S/C20H14F5NO/c1-11-2-3-14(19(22)18(11)21)8-12-4-5-15(20(23,24)25)10-16(12)13-6-7-26-17(27)9-13/h2-7,9-10H,8H2,1H3,(H,26,27). The Balaban J connectivity index is 2.15. The molecule has 3 aromatic rings. The maximum absolute atomic E-state index is 14.2. The lowest BCUT2D eigenvalue weighted by Crippen LogP contribution is -2.08. The molecule has 1 N–H and O–H groups in total. The number of hydrogen-bond donors (Lipinski definition) is 1. The quantitative estimate of drug-likeness (QED) is 0.621. The number of alkyl halides is 3. The topological polar surface area (TPSA) is 32.9 Å². The Hall–Kier alpha value is -2.96. The summed E-state index contributed by atoms with van der Waals surface area (Å²) >= 11 is 0. The fraction of sp³-hybridized carbons (Fsp3) is 0.150. The van der Waals surface area contributed by atoms with Gasteiger partial charge in [-0.2, -0.15) is 13.2 Å². The predicted octanol–water partition coefficient (Wildman–Crippen LogP) is 5.24. The van der Waals surface area contributed by atoms with Crippen molar-refractivity contribution < 1.29 is 22.0 Å². The highest BCUT2D eigenvalue weighted by atomic mass is 19.4. The molecule has 0 fully saturated rings. The number of aromatic amines is 1. The summed E-state index contributed by atoms with van der Waals surface area (Å²) in [7, 11) is 0. The summed E-state index contributed by atoms with van der Waals surface area (Å²) < 4.78 is 67.3. The molecule has 27 heavy (non-hydrogen) atoms. The largest absolute Gasteiger partial charge is 0.416 e. The van der Waals surface area contributed by atoms with E-state index >= 15 is 0 Å². The molecule has 2 aromatic carbocycles. The Bertz CT molecular complexity index is 1050. The molecule has 140 valence electrons. The minimum absolute atomic E-state index is 0.0175. The molecule has 0 aliphatic carbocycles. The number of halogens is 5. The predicted molar refractivity (Wildman–Crippen MR) is 91.4 cm³/mol. The van der Waals surface area contributed by atoms with Gasteiger partial charge in [0, 0.05) is 18.7 Å². The van der Waals surface area contributed by atoms with Crippen molar-refractivity contribution >= 4 is 0 Å². The van der Waals surface area contributed by atoms with Crippen molar-refractivity contribution in [3.63, 3.8) is 0 Å². The first-order chi connectivity index (χ1) is 12.7. The van der Waals surface area contributed by atoms with Crippen LogP contribution in [-0.4, -0.2) is 4.98 Å². The zero-order valence-electron chi connectivity index (χ0n) is 14.1. The third kappa shape index (κ3) is 3.92. The van der Waals surface area contributed by atoms with Gasteiger partial charge in [-0.3, -0.25) is 4.79 Å². The van der Waals surface area contributed by atoms with Gasteiger partial charge in [0.15, 0.2) is 11.6 Å². The van der Waals surface area contributed by atoms with Crippen LogP contribution in [0.1, 0.15) is 22.3 Å². The molecule has 0 bridgehead atoms. The lowest BCUT2D eigenvalue weighted by atomic mass is 9.93. The molecule has 0 amide bonds. The number of hydrogen-bond acceptors (Lipinski definition) is 1. The zero-order valence-corrected chi connectivity index (χ0v) is 14.1. The van der Waals surface area contributed by atoms with Gasteiger partial charge in [0.2, 0.25) is 5.56 Å². The second-order valence-corrected chi connectivity index (χ2v) is 6.16. The van der Waals surface area contributed by atoms with Crippen LogP contribution in [0, 0.1) is 18.6 Å². The van der Waals surface area contributed by atoms with Gasteiger partial charge in [0.25, 0.3) is 0 Å². The van der Waals surface area contributed by atoms with Crippen LogP contribution in [0.15, 0.2) is 53.5 Å². The van der Waals surface area contributed by atoms with Gasteiger partial charge in [-0.15, -0.1) is 0 Å². The summed E-state index contributed by atoms with van der Waals surface area (Å²) in [6.07, 6.45) is -3.38. The highest BCUT2D eigenvalue weighted by Crippen LogP contribution is 2.35. The van der Waals surface area contributed by atoms with E-state index in [2.05, 4.69) is 4.98 Å². The smallest absolute Gasteiger partial charge is 0.329 e.